The van der Waals surface area contributed by atoms with Crippen molar-refractivity contribution in [1.29, 1.82) is 0 Å². The number of likely N-dealkylation sites (tertiary alicyclic amines) is 1. The zero-order valence-corrected chi connectivity index (χ0v) is 20.3. The molecule has 0 unspecified atom stereocenters. The third-order valence-corrected chi connectivity index (χ3v) is 8.06. The highest BCUT2D eigenvalue weighted by molar-refractivity contribution is 7.88. The molecule has 32 heavy (non-hydrogen) atoms. The maximum Gasteiger partial charge on any atom is 0.345 e. The van der Waals surface area contributed by atoms with Gasteiger partial charge >= 0.3 is 10.2 Å². The SMILES string of the molecule is COc1ccc(C2=NS(=O)(=O)N(C)C(C(=O)N3C[C@]4(C)C[C@H]3CC(C)(C)C4)=C2)cc1OC. The summed E-state index contributed by atoms with van der Waals surface area (Å²) in [5.74, 6) is 0.706. The van der Waals surface area contributed by atoms with Crippen LogP contribution in [0.2, 0.25) is 0 Å². The standard InChI is InChI=1S/C23H31N3O5S/c1-22(2)11-16-12-23(3,13-22)14-26(16)21(27)18-10-17(24-32(28,29)25(18)4)15-7-8-19(30-5)20(9-15)31-6/h7-10,16H,11-14H2,1-6H3/t16-,23-/m1/s1. The highest BCUT2D eigenvalue weighted by Gasteiger charge is 2.52. The van der Waals surface area contributed by atoms with Crippen LogP contribution in [0.4, 0.5) is 0 Å². The lowest BCUT2D eigenvalue weighted by Gasteiger charge is -2.39. The maximum atomic E-state index is 13.6. The normalized spacial score (nSPS) is 28.1. The summed E-state index contributed by atoms with van der Waals surface area (Å²) in [6.07, 6.45) is 4.46. The van der Waals surface area contributed by atoms with Crippen LogP contribution in [-0.4, -0.2) is 63.1 Å². The van der Waals surface area contributed by atoms with Gasteiger partial charge < -0.3 is 14.4 Å². The molecule has 0 radical (unpaired) electrons. The molecule has 2 heterocycles. The Morgan fingerprint density at radius 3 is 2.47 bits per heavy atom. The molecule has 0 spiro atoms. The van der Waals surface area contributed by atoms with Crippen LogP contribution in [0.25, 0.3) is 0 Å². The van der Waals surface area contributed by atoms with E-state index < -0.39 is 10.2 Å². The van der Waals surface area contributed by atoms with E-state index in [1.54, 1.807) is 24.3 Å². The Morgan fingerprint density at radius 1 is 1.12 bits per heavy atom. The van der Waals surface area contributed by atoms with Gasteiger partial charge in [0.2, 0.25) is 0 Å². The number of rotatable bonds is 4. The third kappa shape index (κ3) is 3.87. The molecule has 1 aliphatic carbocycles. The molecule has 9 heteroatoms. The molecule has 3 aliphatic rings. The Morgan fingerprint density at radius 2 is 1.81 bits per heavy atom. The number of nitrogens with zero attached hydrogens (tertiary/aromatic N) is 3. The fourth-order valence-corrected chi connectivity index (χ4v) is 6.64. The van der Waals surface area contributed by atoms with Crippen LogP contribution in [0.3, 0.4) is 0 Å². The molecule has 8 nitrogen and oxygen atoms in total. The summed E-state index contributed by atoms with van der Waals surface area (Å²) in [6.45, 7) is 7.34. The Balaban J connectivity index is 1.72. The average molecular weight is 462 g/mol. The van der Waals surface area contributed by atoms with Gasteiger partial charge in [0.05, 0.1) is 19.9 Å². The number of carbonyl (C=O) groups excluding carboxylic acids is 1. The van der Waals surface area contributed by atoms with Gasteiger partial charge in [-0.3, -0.25) is 4.79 Å². The number of methoxy groups -OCH3 is 2. The Labute approximate surface area is 190 Å². The third-order valence-electron chi connectivity index (χ3n) is 6.75. The number of likely N-dealkylation sites (N-methyl/N-ethyl adjacent to an activating group) is 1. The quantitative estimate of drug-likeness (QED) is 0.688. The van der Waals surface area contributed by atoms with Crippen molar-refractivity contribution in [2.45, 2.75) is 46.1 Å². The molecule has 1 saturated heterocycles. The molecule has 4 rings (SSSR count). The first kappa shape index (κ1) is 22.6. The fourth-order valence-electron chi connectivity index (χ4n) is 5.73. The van der Waals surface area contributed by atoms with Gasteiger partial charge in [-0.1, -0.05) is 20.8 Å². The molecule has 2 atom stereocenters. The van der Waals surface area contributed by atoms with Crippen molar-refractivity contribution >= 4 is 21.8 Å². The van der Waals surface area contributed by atoms with E-state index in [0.29, 0.717) is 23.6 Å². The number of benzene rings is 1. The molecule has 2 aliphatic heterocycles. The van der Waals surface area contributed by atoms with Crippen molar-refractivity contribution in [2.75, 3.05) is 27.8 Å². The van der Waals surface area contributed by atoms with Gasteiger partial charge in [0.1, 0.15) is 5.70 Å². The van der Waals surface area contributed by atoms with E-state index in [4.69, 9.17) is 9.47 Å². The minimum Gasteiger partial charge on any atom is -0.493 e. The Kier molecular flexibility index (Phi) is 5.31. The van der Waals surface area contributed by atoms with E-state index in [9.17, 15) is 13.2 Å². The number of allylic oxidation sites excluding steroid dienone is 1. The van der Waals surface area contributed by atoms with Crippen LogP contribution in [-0.2, 0) is 15.0 Å². The van der Waals surface area contributed by atoms with Gasteiger partial charge in [-0.2, -0.15) is 8.42 Å². The zero-order valence-electron chi connectivity index (χ0n) is 19.5. The average Bonchev–Trinajstić information content (AvgIpc) is 2.97. The number of carbonyl (C=O) groups is 1. The van der Waals surface area contributed by atoms with E-state index >= 15 is 0 Å². The molecule has 174 valence electrons. The highest BCUT2D eigenvalue weighted by atomic mass is 32.2. The molecule has 0 aromatic heterocycles. The summed E-state index contributed by atoms with van der Waals surface area (Å²) >= 11 is 0. The summed E-state index contributed by atoms with van der Waals surface area (Å²) in [5, 5.41) is 0. The predicted octanol–water partition coefficient (Wildman–Crippen LogP) is 2.99. The second kappa shape index (κ2) is 7.50. The van der Waals surface area contributed by atoms with Crippen molar-refractivity contribution in [3.05, 3.63) is 35.5 Å². The lowest BCUT2D eigenvalue weighted by atomic mass is 9.65. The van der Waals surface area contributed by atoms with E-state index in [0.717, 1.165) is 23.6 Å². The van der Waals surface area contributed by atoms with Crippen LogP contribution in [0.5, 0.6) is 11.5 Å². The number of fused-ring (bicyclic) bond motifs is 2. The zero-order chi connectivity index (χ0) is 23.5. The van der Waals surface area contributed by atoms with Gasteiger partial charge in [0, 0.05) is 25.2 Å². The second-order valence-electron chi connectivity index (χ2n) is 10.2. The second-order valence-corrected chi connectivity index (χ2v) is 11.8. The number of hydrogen-bond acceptors (Lipinski definition) is 5. The number of ether oxygens (including phenoxy) is 2. The largest absolute Gasteiger partial charge is 0.493 e. The summed E-state index contributed by atoms with van der Waals surface area (Å²) < 4.78 is 41.2. The minimum atomic E-state index is -4.04. The summed E-state index contributed by atoms with van der Waals surface area (Å²) in [6, 6.07) is 5.15. The van der Waals surface area contributed by atoms with Gasteiger partial charge in [0.15, 0.2) is 11.5 Å². The van der Waals surface area contributed by atoms with Crippen molar-refractivity contribution < 1.29 is 22.7 Å². The van der Waals surface area contributed by atoms with Crippen LogP contribution in [0, 0.1) is 10.8 Å². The van der Waals surface area contributed by atoms with Gasteiger partial charge in [0.25, 0.3) is 5.91 Å². The van der Waals surface area contributed by atoms with E-state index in [2.05, 4.69) is 25.2 Å². The summed E-state index contributed by atoms with van der Waals surface area (Å²) in [4.78, 5) is 15.5. The fraction of sp³-hybridized carbons (Fsp3) is 0.565. The molecular formula is C23H31N3O5S. The van der Waals surface area contributed by atoms with E-state index in [1.165, 1.54) is 21.3 Å². The van der Waals surface area contributed by atoms with Gasteiger partial charge in [-0.15, -0.1) is 4.40 Å². The summed E-state index contributed by atoms with van der Waals surface area (Å²) in [7, 11) is 0.367. The van der Waals surface area contributed by atoms with Crippen LogP contribution in [0.1, 0.15) is 45.6 Å². The van der Waals surface area contributed by atoms with Crippen LogP contribution >= 0.6 is 0 Å². The van der Waals surface area contributed by atoms with Crippen molar-refractivity contribution in [2.24, 2.45) is 15.2 Å². The molecule has 2 bridgehead atoms. The van der Waals surface area contributed by atoms with E-state index in [1.807, 2.05) is 4.90 Å². The molecule has 2 fully saturated rings. The smallest absolute Gasteiger partial charge is 0.345 e. The van der Waals surface area contributed by atoms with Crippen molar-refractivity contribution in [1.82, 2.24) is 9.21 Å². The first-order valence-electron chi connectivity index (χ1n) is 10.7. The maximum absolute atomic E-state index is 13.6. The lowest BCUT2D eigenvalue weighted by molar-refractivity contribution is -0.129. The Bertz CT molecular complexity index is 1120. The molecule has 1 saturated carbocycles. The lowest BCUT2D eigenvalue weighted by Crippen LogP contribution is -2.43. The van der Waals surface area contributed by atoms with E-state index in [-0.39, 0.29) is 34.2 Å². The minimum absolute atomic E-state index is 0.0506. The first-order chi connectivity index (χ1) is 14.9. The van der Waals surface area contributed by atoms with Crippen LogP contribution in [0.15, 0.2) is 34.4 Å². The number of hydrogen-bond donors (Lipinski definition) is 0. The molecule has 1 aromatic carbocycles. The predicted molar refractivity (Wildman–Crippen MR) is 122 cm³/mol. The highest BCUT2D eigenvalue weighted by Crippen LogP contribution is 2.52. The van der Waals surface area contributed by atoms with Gasteiger partial charge in [-0.05, 0) is 54.4 Å². The van der Waals surface area contributed by atoms with Crippen LogP contribution < -0.4 is 9.47 Å². The topological polar surface area (TPSA) is 88.5 Å². The monoisotopic (exact) mass is 461 g/mol. The molecule has 1 amide bonds. The van der Waals surface area contributed by atoms with Crippen molar-refractivity contribution in [3.63, 3.8) is 0 Å². The molecule has 1 aromatic rings. The molecule has 0 N–H and O–H groups in total. The van der Waals surface area contributed by atoms with Crippen molar-refractivity contribution in [3.8, 4) is 11.5 Å². The first-order valence-corrected chi connectivity index (χ1v) is 12.1. The Hall–Kier alpha value is -2.55. The molecular weight excluding hydrogens is 430 g/mol. The number of amides is 1. The summed E-state index contributed by atoms with van der Waals surface area (Å²) in [5.41, 5.74) is 1.03. The van der Waals surface area contributed by atoms with Gasteiger partial charge in [-0.25, -0.2) is 4.31 Å².